The Bertz CT molecular complexity index is 134. The van der Waals surface area contributed by atoms with Crippen molar-refractivity contribution in [1.82, 2.24) is 5.32 Å². The Hall–Kier alpha value is -0.0400. The van der Waals surface area contributed by atoms with Crippen molar-refractivity contribution in [2.75, 3.05) is 6.54 Å². The molecular formula is C13H27N. The summed E-state index contributed by atoms with van der Waals surface area (Å²) in [6.07, 6.45) is 8.31. The second kappa shape index (κ2) is 6.44. The van der Waals surface area contributed by atoms with Crippen LogP contribution in [0, 0.1) is 11.8 Å². The zero-order chi connectivity index (χ0) is 10.4. The van der Waals surface area contributed by atoms with Crippen molar-refractivity contribution in [2.45, 2.75) is 65.3 Å². The van der Waals surface area contributed by atoms with Gasteiger partial charge >= 0.3 is 0 Å². The summed E-state index contributed by atoms with van der Waals surface area (Å²) in [6.45, 7) is 8.30. The van der Waals surface area contributed by atoms with Crippen LogP contribution in [0.15, 0.2) is 0 Å². The number of nitrogens with one attached hydrogen (secondary N) is 1. The molecule has 0 radical (unpaired) electrons. The van der Waals surface area contributed by atoms with Gasteiger partial charge in [0.1, 0.15) is 0 Å². The van der Waals surface area contributed by atoms with Crippen LogP contribution in [-0.4, -0.2) is 12.6 Å². The van der Waals surface area contributed by atoms with Gasteiger partial charge in [-0.25, -0.2) is 0 Å². The van der Waals surface area contributed by atoms with E-state index in [1.165, 1.54) is 45.1 Å². The van der Waals surface area contributed by atoms with Crippen molar-refractivity contribution >= 4 is 0 Å². The molecule has 0 bridgehead atoms. The van der Waals surface area contributed by atoms with E-state index in [2.05, 4.69) is 26.1 Å². The number of hydrogen-bond donors (Lipinski definition) is 1. The highest BCUT2D eigenvalue weighted by Gasteiger charge is 2.22. The molecule has 0 heterocycles. The molecule has 1 heteroatoms. The van der Waals surface area contributed by atoms with Crippen LogP contribution in [0.25, 0.3) is 0 Å². The Labute approximate surface area is 89.7 Å². The van der Waals surface area contributed by atoms with Crippen LogP contribution in [0.4, 0.5) is 0 Å². The molecule has 0 aliphatic heterocycles. The van der Waals surface area contributed by atoms with Gasteiger partial charge in [0.25, 0.3) is 0 Å². The Morgan fingerprint density at radius 2 is 1.64 bits per heavy atom. The SMILES string of the molecule is CCCCCNC1CC(C)CC(C)C1. The fraction of sp³-hybridized carbons (Fsp3) is 1.00. The highest BCUT2D eigenvalue weighted by molar-refractivity contribution is 4.79. The van der Waals surface area contributed by atoms with Gasteiger partial charge in [0.15, 0.2) is 0 Å². The van der Waals surface area contributed by atoms with Gasteiger partial charge in [-0.3, -0.25) is 0 Å². The molecule has 0 saturated heterocycles. The van der Waals surface area contributed by atoms with Crippen molar-refractivity contribution in [3.63, 3.8) is 0 Å². The summed E-state index contributed by atoms with van der Waals surface area (Å²) in [7, 11) is 0. The van der Waals surface area contributed by atoms with E-state index >= 15 is 0 Å². The summed E-state index contributed by atoms with van der Waals surface area (Å²) in [5, 5.41) is 3.72. The maximum absolute atomic E-state index is 3.72. The third kappa shape index (κ3) is 4.45. The van der Waals surface area contributed by atoms with Crippen molar-refractivity contribution in [3.8, 4) is 0 Å². The Balaban J connectivity index is 2.10. The van der Waals surface area contributed by atoms with E-state index in [0.717, 1.165) is 17.9 Å². The standard InChI is InChI=1S/C13H27N/c1-4-5-6-7-14-13-9-11(2)8-12(3)10-13/h11-14H,4-10H2,1-3H3. The van der Waals surface area contributed by atoms with Gasteiger partial charge in [-0.15, -0.1) is 0 Å². The summed E-state index contributed by atoms with van der Waals surface area (Å²) >= 11 is 0. The molecule has 1 rings (SSSR count). The predicted octanol–water partition coefficient (Wildman–Crippen LogP) is 3.59. The average molecular weight is 197 g/mol. The lowest BCUT2D eigenvalue weighted by Gasteiger charge is -2.32. The Kier molecular flexibility index (Phi) is 5.54. The number of rotatable bonds is 5. The van der Waals surface area contributed by atoms with Crippen LogP contribution in [-0.2, 0) is 0 Å². The summed E-state index contributed by atoms with van der Waals surface area (Å²) in [6, 6.07) is 0.811. The molecule has 1 nitrogen and oxygen atoms in total. The lowest BCUT2D eigenvalue weighted by atomic mass is 9.80. The minimum absolute atomic E-state index is 0.811. The van der Waals surface area contributed by atoms with Crippen LogP contribution >= 0.6 is 0 Å². The quantitative estimate of drug-likeness (QED) is 0.664. The van der Waals surface area contributed by atoms with Crippen molar-refractivity contribution in [1.29, 1.82) is 0 Å². The molecule has 1 fully saturated rings. The zero-order valence-electron chi connectivity index (χ0n) is 10.2. The largest absolute Gasteiger partial charge is 0.314 e. The minimum Gasteiger partial charge on any atom is -0.314 e. The first-order chi connectivity index (χ1) is 6.72. The topological polar surface area (TPSA) is 12.0 Å². The van der Waals surface area contributed by atoms with E-state index in [4.69, 9.17) is 0 Å². The summed E-state index contributed by atoms with van der Waals surface area (Å²) < 4.78 is 0. The molecule has 0 aromatic rings. The van der Waals surface area contributed by atoms with Gasteiger partial charge in [-0.2, -0.15) is 0 Å². The minimum atomic E-state index is 0.811. The maximum atomic E-state index is 3.72. The molecule has 0 aromatic heterocycles. The van der Waals surface area contributed by atoms with Gasteiger partial charge < -0.3 is 5.32 Å². The monoisotopic (exact) mass is 197 g/mol. The second-order valence-corrected chi connectivity index (χ2v) is 5.28. The third-order valence-electron chi connectivity index (χ3n) is 3.39. The second-order valence-electron chi connectivity index (χ2n) is 5.28. The summed E-state index contributed by atoms with van der Waals surface area (Å²) in [5.74, 6) is 1.87. The molecule has 1 saturated carbocycles. The van der Waals surface area contributed by atoms with E-state index < -0.39 is 0 Å². The lowest BCUT2D eigenvalue weighted by Crippen LogP contribution is -2.36. The van der Waals surface area contributed by atoms with Gasteiger partial charge in [0.2, 0.25) is 0 Å². The molecule has 84 valence electrons. The molecule has 14 heavy (non-hydrogen) atoms. The molecule has 0 amide bonds. The van der Waals surface area contributed by atoms with Crippen molar-refractivity contribution in [2.24, 2.45) is 11.8 Å². The highest BCUT2D eigenvalue weighted by Crippen LogP contribution is 2.28. The normalized spacial score (nSPS) is 33.2. The van der Waals surface area contributed by atoms with E-state index in [-0.39, 0.29) is 0 Å². The maximum Gasteiger partial charge on any atom is 0.00721 e. The molecule has 1 aliphatic carbocycles. The van der Waals surface area contributed by atoms with Crippen LogP contribution < -0.4 is 5.32 Å². The van der Waals surface area contributed by atoms with Gasteiger partial charge in [0.05, 0.1) is 0 Å². The molecule has 2 unspecified atom stereocenters. The van der Waals surface area contributed by atoms with Crippen molar-refractivity contribution in [3.05, 3.63) is 0 Å². The van der Waals surface area contributed by atoms with E-state index in [1.54, 1.807) is 0 Å². The Morgan fingerprint density at radius 3 is 2.21 bits per heavy atom. The van der Waals surface area contributed by atoms with Gasteiger partial charge in [-0.1, -0.05) is 33.6 Å². The summed E-state index contributed by atoms with van der Waals surface area (Å²) in [4.78, 5) is 0. The first kappa shape index (κ1) is 12.0. The van der Waals surface area contributed by atoms with Crippen LogP contribution in [0.5, 0.6) is 0 Å². The molecule has 1 N–H and O–H groups in total. The number of hydrogen-bond acceptors (Lipinski definition) is 1. The van der Waals surface area contributed by atoms with Gasteiger partial charge in [0, 0.05) is 6.04 Å². The zero-order valence-corrected chi connectivity index (χ0v) is 10.2. The fourth-order valence-electron chi connectivity index (χ4n) is 2.79. The van der Waals surface area contributed by atoms with Crippen LogP contribution in [0.1, 0.15) is 59.3 Å². The van der Waals surface area contributed by atoms with Gasteiger partial charge in [-0.05, 0) is 44.1 Å². The predicted molar refractivity (Wildman–Crippen MR) is 63.5 cm³/mol. The Morgan fingerprint density at radius 1 is 1.00 bits per heavy atom. The molecule has 0 aromatic carbocycles. The molecule has 1 aliphatic rings. The first-order valence-corrected chi connectivity index (χ1v) is 6.45. The third-order valence-corrected chi connectivity index (χ3v) is 3.39. The highest BCUT2D eigenvalue weighted by atomic mass is 14.9. The number of unbranched alkanes of at least 4 members (excludes halogenated alkanes) is 2. The molecule has 0 spiro atoms. The van der Waals surface area contributed by atoms with E-state index in [1.807, 2.05) is 0 Å². The fourth-order valence-corrected chi connectivity index (χ4v) is 2.79. The molecular weight excluding hydrogens is 170 g/mol. The smallest absolute Gasteiger partial charge is 0.00721 e. The van der Waals surface area contributed by atoms with E-state index in [0.29, 0.717) is 0 Å². The summed E-state index contributed by atoms with van der Waals surface area (Å²) in [5.41, 5.74) is 0. The molecule has 2 atom stereocenters. The van der Waals surface area contributed by atoms with Crippen LogP contribution in [0.2, 0.25) is 0 Å². The lowest BCUT2D eigenvalue weighted by molar-refractivity contribution is 0.239. The van der Waals surface area contributed by atoms with Crippen LogP contribution in [0.3, 0.4) is 0 Å². The van der Waals surface area contributed by atoms with Crippen molar-refractivity contribution < 1.29 is 0 Å². The van der Waals surface area contributed by atoms with E-state index in [9.17, 15) is 0 Å². The first-order valence-electron chi connectivity index (χ1n) is 6.45. The average Bonchev–Trinajstić information content (AvgIpc) is 2.11.